The lowest BCUT2D eigenvalue weighted by Crippen LogP contribution is -2.41. The molecule has 1 aromatic rings. The predicted octanol–water partition coefficient (Wildman–Crippen LogP) is 4.19. The molecule has 1 saturated carbocycles. The molecule has 106 valence electrons. The first kappa shape index (κ1) is 15.0. The lowest BCUT2D eigenvalue weighted by atomic mass is 9.94. The van der Waals surface area contributed by atoms with E-state index in [4.69, 9.17) is 0 Å². The van der Waals surface area contributed by atoms with Gasteiger partial charge in [-0.2, -0.15) is 0 Å². The van der Waals surface area contributed by atoms with Crippen LogP contribution in [0.2, 0.25) is 0 Å². The van der Waals surface area contributed by atoms with E-state index in [1.54, 1.807) is 0 Å². The minimum atomic E-state index is -0.503. The van der Waals surface area contributed by atoms with Crippen molar-refractivity contribution < 1.29 is 5.11 Å². The Bertz CT molecular complexity index is 399. The molecule has 0 aliphatic heterocycles. The van der Waals surface area contributed by atoms with E-state index in [0.717, 1.165) is 30.2 Å². The van der Waals surface area contributed by atoms with Crippen LogP contribution in [-0.4, -0.2) is 17.3 Å². The van der Waals surface area contributed by atoms with Crippen LogP contribution in [0.1, 0.15) is 57.1 Å². The second-order valence-corrected chi connectivity index (χ2v) is 6.71. The molecule has 0 saturated heterocycles. The molecule has 0 radical (unpaired) electrons. The Morgan fingerprint density at radius 2 is 1.95 bits per heavy atom. The SMILES string of the molecule is C[C@@H](NCC1(O)CCCCCC1)c1cccc(Br)c1. The molecule has 3 heteroatoms. The Hall–Kier alpha value is -0.380. The second kappa shape index (κ2) is 6.87. The van der Waals surface area contributed by atoms with Gasteiger partial charge in [-0.1, -0.05) is 53.7 Å². The summed E-state index contributed by atoms with van der Waals surface area (Å²) >= 11 is 3.50. The Kier molecular flexibility index (Phi) is 5.43. The summed E-state index contributed by atoms with van der Waals surface area (Å²) in [5.41, 5.74) is 0.753. The molecule has 1 atom stereocenters. The number of rotatable bonds is 4. The average molecular weight is 326 g/mol. The third-order valence-corrected chi connectivity index (χ3v) is 4.61. The molecule has 2 rings (SSSR count). The lowest BCUT2D eigenvalue weighted by molar-refractivity contribution is 0.0231. The Balaban J connectivity index is 1.90. The molecule has 19 heavy (non-hydrogen) atoms. The summed E-state index contributed by atoms with van der Waals surface area (Å²) < 4.78 is 1.10. The van der Waals surface area contributed by atoms with Crippen molar-refractivity contribution >= 4 is 15.9 Å². The van der Waals surface area contributed by atoms with Crippen molar-refractivity contribution in [3.05, 3.63) is 34.3 Å². The summed E-state index contributed by atoms with van der Waals surface area (Å²) in [6, 6.07) is 8.62. The molecule has 1 aliphatic rings. The number of aliphatic hydroxyl groups is 1. The molecular weight excluding hydrogens is 302 g/mol. The van der Waals surface area contributed by atoms with E-state index in [1.165, 1.54) is 18.4 Å². The number of benzene rings is 1. The van der Waals surface area contributed by atoms with Gasteiger partial charge in [-0.15, -0.1) is 0 Å². The lowest BCUT2D eigenvalue weighted by Gasteiger charge is -2.29. The normalized spacial score (nSPS) is 20.8. The fraction of sp³-hybridized carbons (Fsp3) is 0.625. The van der Waals surface area contributed by atoms with Crippen LogP contribution in [-0.2, 0) is 0 Å². The highest BCUT2D eigenvalue weighted by molar-refractivity contribution is 9.10. The molecule has 2 N–H and O–H groups in total. The van der Waals surface area contributed by atoms with Crippen LogP contribution in [0.15, 0.2) is 28.7 Å². The smallest absolute Gasteiger partial charge is 0.0771 e. The number of halogens is 1. The van der Waals surface area contributed by atoms with E-state index in [9.17, 15) is 5.11 Å². The van der Waals surface area contributed by atoms with Gasteiger partial charge in [0.25, 0.3) is 0 Å². The zero-order valence-corrected chi connectivity index (χ0v) is 13.2. The molecule has 0 amide bonds. The molecule has 0 spiro atoms. The average Bonchev–Trinajstić information content (AvgIpc) is 2.61. The zero-order valence-electron chi connectivity index (χ0n) is 11.7. The van der Waals surface area contributed by atoms with Gasteiger partial charge in [0.1, 0.15) is 0 Å². The van der Waals surface area contributed by atoms with Crippen LogP contribution < -0.4 is 5.32 Å². The Labute approximate surface area is 124 Å². The van der Waals surface area contributed by atoms with Gasteiger partial charge in [0.15, 0.2) is 0 Å². The van der Waals surface area contributed by atoms with Crippen LogP contribution >= 0.6 is 15.9 Å². The molecular formula is C16H24BrNO. The maximum atomic E-state index is 10.6. The van der Waals surface area contributed by atoms with E-state index in [2.05, 4.69) is 46.4 Å². The van der Waals surface area contributed by atoms with Crippen molar-refractivity contribution in [2.45, 2.75) is 57.1 Å². The predicted molar refractivity (Wildman–Crippen MR) is 83.2 cm³/mol. The standard InChI is InChI=1S/C16H24BrNO/c1-13(14-7-6-8-15(17)11-14)18-12-16(19)9-4-2-3-5-10-16/h6-8,11,13,18-19H,2-5,9-10,12H2,1H3/t13-/m1/s1. The van der Waals surface area contributed by atoms with Gasteiger partial charge in [0.05, 0.1) is 5.60 Å². The van der Waals surface area contributed by atoms with Gasteiger partial charge in [-0.3, -0.25) is 0 Å². The van der Waals surface area contributed by atoms with Gasteiger partial charge in [-0.25, -0.2) is 0 Å². The van der Waals surface area contributed by atoms with E-state index < -0.39 is 5.60 Å². The highest BCUT2D eigenvalue weighted by Gasteiger charge is 2.28. The first-order valence-electron chi connectivity index (χ1n) is 7.30. The maximum absolute atomic E-state index is 10.6. The van der Waals surface area contributed by atoms with Crippen molar-refractivity contribution in [3.63, 3.8) is 0 Å². The van der Waals surface area contributed by atoms with Crippen molar-refractivity contribution in [2.75, 3.05) is 6.54 Å². The molecule has 2 nitrogen and oxygen atoms in total. The highest BCUT2D eigenvalue weighted by atomic mass is 79.9. The molecule has 1 fully saturated rings. The van der Waals surface area contributed by atoms with Crippen LogP contribution in [0.5, 0.6) is 0 Å². The van der Waals surface area contributed by atoms with Crippen LogP contribution in [0.25, 0.3) is 0 Å². The van der Waals surface area contributed by atoms with E-state index in [-0.39, 0.29) is 6.04 Å². The molecule has 0 unspecified atom stereocenters. The Morgan fingerprint density at radius 3 is 2.58 bits per heavy atom. The highest BCUT2D eigenvalue weighted by Crippen LogP contribution is 2.27. The van der Waals surface area contributed by atoms with Gasteiger partial charge < -0.3 is 10.4 Å². The second-order valence-electron chi connectivity index (χ2n) is 5.80. The summed E-state index contributed by atoms with van der Waals surface area (Å²) in [5.74, 6) is 0. The minimum Gasteiger partial charge on any atom is -0.389 e. The van der Waals surface area contributed by atoms with E-state index in [0.29, 0.717) is 6.54 Å². The number of hydrogen-bond donors (Lipinski definition) is 2. The zero-order chi connectivity index (χ0) is 13.7. The van der Waals surface area contributed by atoms with Gasteiger partial charge >= 0.3 is 0 Å². The fourth-order valence-corrected chi connectivity index (χ4v) is 3.22. The number of hydrogen-bond acceptors (Lipinski definition) is 2. The van der Waals surface area contributed by atoms with Gasteiger partial charge in [0, 0.05) is 17.1 Å². The minimum absolute atomic E-state index is 0.268. The van der Waals surface area contributed by atoms with Crippen LogP contribution in [0.3, 0.4) is 0 Å². The third-order valence-electron chi connectivity index (χ3n) is 4.12. The molecule has 0 heterocycles. The Morgan fingerprint density at radius 1 is 1.26 bits per heavy atom. The van der Waals surface area contributed by atoms with Crippen molar-refractivity contribution in [3.8, 4) is 0 Å². The summed E-state index contributed by atoms with van der Waals surface area (Å²) in [4.78, 5) is 0. The van der Waals surface area contributed by atoms with E-state index in [1.807, 2.05) is 6.07 Å². The van der Waals surface area contributed by atoms with Crippen molar-refractivity contribution in [2.24, 2.45) is 0 Å². The summed E-state index contributed by atoms with van der Waals surface area (Å²) in [5, 5.41) is 14.1. The quantitative estimate of drug-likeness (QED) is 0.814. The first-order chi connectivity index (χ1) is 9.09. The maximum Gasteiger partial charge on any atom is 0.0771 e. The topological polar surface area (TPSA) is 32.3 Å². The van der Waals surface area contributed by atoms with Crippen molar-refractivity contribution in [1.29, 1.82) is 0 Å². The monoisotopic (exact) mass is 325 g/mol. The molecule has 1 aliphatic carbocycles. The molecule has 0 bridgehead atoms. The van der Waals surface area contributed by atoms with Gasteiger partial charge in [-0.05, 0) is 37.5 Å². The van der Waals surface area contributed by atoms with Crippen LogP contribution in [0.4, 0.5) is 0 Å². The molecule has 1 aromatic carbocycles. The first-order valence-corrected chi connectivity index (χ1v) is 8.10. The summed E-state index contributed by atoms with van der Waals surface area (Å²) in [7, 11) is 0. The van der Waals surface area contributed by atoms with Gasteiger partial charge in [0.2, 0.25) is 0 Å². The summed E-state index contributed by atoms with van der Waals surface area (Å²) in [6.07, 6.45) is 6.72. The summed E-state index contributed by atoms with van der Waals surface area (Å²) in [6.45, 7) is 2.85. The largest absolute Gasteiger partial charge is 0.389 e. The number of nitrogens with one attached hydrogen (secondary N) is 1. The van der Waals surface area contributed by atoms with E-state index >= 15 is 0 Å². The van der Waals surface area contributed by atoms with Crippen molar-refractivity contribution in [1.82, 2.24) is 5.32 Å². The van der Waals surface area contributed by atoms with Crippen LogP contribution in [0, 0.1) is 0 Å². The third kappa shape index (κ3) is 4.59. The fourth-order valence-electron chi connectivity index (χ4n) is 2.80. The molecule has 0 aromatic heterocycles.